The van der Waals surface area contributed by atoms with E-state index in [1.54, 1.807) is 13.8 Å². The highest BCUT2D eigenvalue weighted by atomic mass is 16.3. The van der Waals surface area contributed by atoms with E-state index in [9.17, 15) is 7.85 Å². The summed E-state index contributed by atoms with van der Waals surface area (Å²) in [7, 11) is 0. The molecule has 9 aromatic rings. The van der Waals surface area contributed by atoms with Crippen molar-refractivity contribution in [3.05, 3.63) is 191 Å². The third-order valence-corrected chi connectivity index (χ3v) is 14.1. The van der Waals surface area contributed by atoms with Gasteiger partial charge in [0.15, 0.2) is 0 Å². The van der Waals surface area contributed by atoms with Gasteiger partial charge in [-0.05, 0) is 150 Å². The van der Waals surface area contributed by atoms with Crippen LogP contribution in [0.3, 0.4) is 0 Å². The van der Waals surface area contributed by atoms with E-state index in [2.05, 4.69) is 207 Å². The first-order chi connectivity index (χ1) is 34.2. The number of phenolic OH excluding ortho intramolecular Hbond substituents is 1. The number of para-hydroxylation sites is 1. The normalized spacial score (nSPS) is 13.1. The molecular formula is C67H71N3O. The molecule has 0 radical (unpaired) electrons. The van der Waals surface area contributed by atoms with Crippen LogP contribution in [0.4, 0.5) is 0 Å². The van der Waals surface area contributed by atoms with Gasteiger partial charge in [-0.15, -0.1) is 0 Å². The number of hydrogen-bond acceptors (Lipinski definition) is 3. The third kappa shape index (κ3) is 9.74. The second-order valence-electron chi connectivity index (χ2n) is 23.0. The fraction of sp³-hybridized carbons (Fsp3) is 0.284. The van der Waals surface area contributed by atoms with E-state index in [1.165, 1.54) is 11.1 Å². The van der Waals surface area contributed by atoms with E-state index in [1.807, 2.05) is 38.2 Å². The minimum atomic E-state index is -1.18. The van der Waals surface area contributed by atoms with E-state index in [4.69, 9.17) is 9.97 Å². The molecule has 7 aromatic carbocycles. The lowest BCUT2D eigenvalue weighted by Gasteiger charge is -2.22. The van der Waals surface area contributed by atoms with Gasteiger partial charge < -0.3 is 5.11 Å². The van der Waals surface area contributed by atoms with Crippen molar-refractivity contribution >= 4 is 11.0 Å². The van der Waals surface area contributed by atoms with Crippen molar-refractivity contribution in [2.75, 3.05) is 0 Å². The number of aryl methyl sites for hydroxylation is 1. The van der Waals surface area contributed by atoms with E-state index < -0.39 is 11.8 Å². The molecule has 0 unspecified atom stereocenters. The lowest BCUT2D eigenvalue weighted by Crippen LogP contribution is -2.11. The highest BCUT2D eigenvalue weighted by Crippen LogP contribution is 2.46. The molecule has 4 heteroatoms. The van der Waals surface area contributed by atoms with Gasteiger partial charge in [-0.2, -0.15) is 0 Å². The summed E-state index contributed by atoms with van der Waals surface area (Å²) in [4.78, 5) is 10.6. The summed E-state index contributed by atoms with van der Waals surface area (Å²) >= 11 is 0. The summed E-state index contributed by atoms with van der Waals surface area (Å²) < 4.78 is 20.8. The van der Waals surface area contributed by atoms with Crippen molar-refractivity contribution in [1.29, 1.82) is 0 Å². The molecule has 0 saturated heterocycles. The maximum absolute atomic E-state index is 12.6. The molecule has 0 aliphatic rings. The third-order valence-electron chi connectivity index (χ3n) is 14.1. The van der Waals surface area contributed by atoms with Crippen LogP contribution in [0.5, 0.6) is 5.75 Å². The zero-order valence-electron chi connectivity index (χ0n) is 46.3. The first-order valence-corrected chi connectivity index (χ1v) is 25.1. The SMILES string of the molecule is [2H]C(C)(C)c1cc(-c2nc3c(-c4cc(-c5cc(-c6ccc(C(C)(C)C)cc6)ccn5)cc(C(C)(C)C)c4)cccc3n2-c2cc(C)c(-c3ccc(C(C)(C)C)cc3)cc2-c2ccccc2)c(O)c(C([2H])(C)C)c1. The lowest BCUT2D eigenvalue weighted by atomic mass is 9.83. The summed E-state index contributed by atoms with van der Waals surface area (Å²) in [6.07, 6.45) is 1.91. The quantitative estimate of drug-likeness (QED) is 0.157. The summed E-state index contributed by atoms with van der Waals surface area (Å²) in [5.74, 6) is -1.71. The minimum absolute atomic E-state index is 0.0179. The van der Waals surface area contributed by atoms with Crippen LogP contribution in [-0.4, -0.2) is 19.6 Å². The molecule has 0 saturated carbocycles. The molecule has 360 valence electrons. The number of phenols is 1. The average molecular weight is 936 g/mol. The molecule has 0 fully saturated rings. The van der Waals surface area contributed by atoms with Crippen LogP contribution >= 0.6 is 0 Å². The predicted octanol–water partition coefficient (Wildman–Crippen LogP) is 18.6. The highest BCUT2D eigenvalue weighted by Gasteiger charge is 2.27. The number of pyridine rings is 1. The van der Waals surface area contributed by atoms with Crippen LogP contribution in [0.2, 0.25) is 0 Å². The number of benzene rings is 7. The van der Waals surface area contributed by atoms with Gasteiger partial charge in [0.05, 0.1) is 28.0 Å². The topological polar surface area (TPSA) is 50.9 Å². The largest absolute Gasteiger partial charge is 0.507 e. The lowest BCUT2D eigenvalue weighted by molar-refractivity contribution is 0.466. The molecule has 2 heterocycles. The van der Waals surface area contributed by atoms with Crippen molar-refractivity contribution in [3.8, 4) is 78.6 Å². The minimum Gasteiger partial charge on any atom is -0.507 e. The summed E-state index contributed by atoms with van der Waals surface area (Å²) in [5, 5.41) is 12.6. The molecule has 0 amide bonds. The molecule has 0 aliphatic carbocycles. The smallest absolute Gasteiger partial charge is 0.149 e. The standard InChI is InChI=1S/C67H71N3O/c1-41(2)48-37-55(42(3)4)63(71)58(38-48)64-69-62-54(49-34-50(36-53(35-49)67(12,13)14)59-39-47(31-32-68-59)44-23-27-51(28-24-44)65(6,7)8)21-18-22-60(62)70(64)61-33-43(5)56(40-57(61)45-19-16-15-17-20-45)46-25-29-52(30-26-46)66(9,10)11/h15-42,71H,1-14H3/i41D,42D. The molecule has 1 N–H and O–H groups in total. The van der Waals surface area contributed by atoms with Gasteiger partial charge in [0.25, 0.3) is 0 Å². The van der Waals surface area contributed by atoms with Gasteiger partial charge in [-0.25, -0.2) is 4.98 Å². The summed E-state index contributed by atoms with van der Waals surface area (Å²) in [5.41, 5.74) is 19.2. The second-order valence-corrected chi connectivity index (χ2v) is 23.0. The first-order valence-electron chi connectivity index (χ1n) is 26.1. The van der Waals surface area contributed by atoms with Gasteiger partial charge >= 0.3 is 0 Å². The van der Waals surface area contributed by atoms with Gasteiger partial charge in [-0.1, -0.05) is 193 Å². The van der Waals surface area contributed by atoms with Crippen LogP contribution in [0.15, 0.2) is 158 Å². The van der Waals surface area contributed by atoms with Crippen molar-refractivity contribution in [1.82, 2.24) is 14.5 Å². The van der Waals surface area contributed by atoms with Crippen molar-refractivity contribution in [2.45, 2.75) is 125 Å². The van der Waals surface area contributed by atoms with E-state index in [0.717, 1.165) is 83.6 Å². The van der Waals surface area contributed by atoms with Crippen LogP contribution in [-0.2, 0) is 16.2 Å². The van der Waals surface area contributed by atoms with Crippen molar-refractivity contribution in [3.63, 3.8) is 0 Å². The van der Waals surface area contributed by atoms with E-state index >= 15 is 0 Å². The molecule has 0 atom stereocenters. The summed E-state index contributed by atoms with van der Waals surface area (Å²) in [6.45, 7) is 29.6. The molecule has 0 aliphatic heterocycles. The van der Waals surface area contributed by atoms with Crippen LogP contribution in [0.25, 0.3) is 83.9 Å². The number of aromatic nitrogens is 3. The van der Waals surface area contributed by atoms with Crippen LogP contribution in [0, 0.1) is 6.92 Å². The molecule has 0 bridgehead atoms. The zero-order valence-corrected chi connectivity index (χ0v) is 44.3. The molecule has 0 spiro atoms. The Labute approximate surface area is 426 Å². The first kappa shape index (κ1) is 46.3. The number of aromatic hydroxyl groups is 1. The Hall–Kier alpha value is -7.04. The van der Waals surface area contributed by atoms with Gasteiger partial charge in [0, 0.05) is 25.6 Å². The monoisotopic (exact) mass is 936 g/mol. The molecule has 4 nitrogen and oxygen atoms in total. The maximum atomic E-state index is 12.6. The predicted molar refractivity (Wildman–Crippen MR) is 302 cm³/mol. The number of hydrogen-bond donors (Lipinski definition) is 1. The molecular weight excluding hydrogens is 863 g/mol. The Morgan fingerprint density at radius 2 is 1.10 bits per heavy atom. The molecule has 9 rings (SSSR count). The fourth-order valence-corrected chi connectivity index (χ4v) is 9.71. The number of nitrogens with zero attached hydrogens (tertiary/aromatic N) is 3. The Balaban J connectivity index is 1.33. The number of fused-ring (bicyclic) bond motifs is 1. The molecule has 2 aromatic heterocycles. The van der Waals surface area contributed by atoms with Crippen molar-refractivity contribution in [2.24, 2.45) is 0 Å². The van der Waals surface area contributed by atoms with E-state index in [0.29, 0.717) is 22.5 Å². The fourth-order valence-electron chi connectivity index (χ4n) is 9.71. The van der Waals surface area contributed by atoms with Gasteiger partial charge in [0.1, 0.15) is 11.6 Å². The van der Waals surface area contributed by atoms with Gasteiger partial charge in [-0.3, -0.25) is 9.55 Å². The van der Waals surface area contributed by atoms with Crippen LogP contribution < -0.4 is 0 Å². The Morgan fingerprint density at radius 1 is 0.493 bits per heavy atom. The van der Waals surface area contributed by atoms with Crippen molar-refractivity contribution < 1.29 is 7.85 Å². The second kappa shape index (κ2) is 18.6. The number of rotatable bonds is 9. The van der Waals surface area contributed by atoms with Gasteiger partial charge in [0.2, 0.25) is 0 Å². The van der Waals surface area contributed by atoms with E-state index in [-0.39, 0.29) is 22.0 Å². The Bertz CT molecular complexity index is 3510. The average Bonchev–Trinajstić information content (AvgIpc) is 3.72. The zero-order chi connectivity index (χ0) is 52.6. The number of imidazole rings is 1. The maximum Gasteiger partial charge on any atom is 0.149 e. The Kier molecular flexibility index (Phi) is 12.1. The summed E-state index contributed by atoms with van der Waals surface area (Å²) in [6, 6.07) is 54.0. The highest BCUT2D eigenvalue weighted by molar-refractivity contribution is 5.98. The Morgan fingerprint density at radius 3 is 1.70 bits per heavy atom. The van der Waals surface area contributed by atoms with Crippen LogP contribution in [0.1, 0.15) is 138 Å². The molecule has 71 heavy (non-hydrogen) atoms.